The summed E-state index contributed by atoms with van der Waals surface area (Å²) in [5, 5.41) is 0.132. The van der Waals surface area contributed by atoms with Crippen molar-refractivity contribution in [2.24, 2.45) is 17.8 Å². The van der Waals surface area contributed by atoms with Gasteiger partial charge in [-0.15, -0.1) is 0 Å². The summed E-state index contributed by atoms with van der Waals surface area (Å²) in [5.74, 6) is -0.653. The van der Waals surface area contributed by atoms with Crippen molar-refractivity contribution >= 4 is 20.1 Å². The highest BCUT2D eigenvalue weighted by atomic mass is 28.4. The molecule has 5 heteroatoms. The monoisotopic (exact) mass is 330 g/mol. The molecule has 2 atom stereocenters. The fraction of sp³-hybridized carbons (Fsp3) is 0.882. The molecule has 0 saturated heterocycles. The number of carbonyl (C=O) groups excluding carboxylic acids is 2. The van der Waals surface area contributed by atoms with Gasteiger partial charge in [-0.2, -0.15) is 0 Å². The first kappa shape index (κ1) is 21.3. The number of Topliss-reactive ketones (excluding diaryl/α,β-unsaturated/α-hetero) is 1. The van der Waals surface area contributed by atoms with Gasteiger partial charge >= 0.3 is 5.97 Å². The fourth-order valence-corrected chi connectivity index (χ4v) is 3.06. The number of hydrogen-bond donors (Lipinski definition) is 0. The Morgan fingerprint density at radius 1 is 1.09 bits per heavy atom. The zero-order chi connectivity index (χ0) is 17.7. The summed E-state index contributed by atoms with van der Waals surface area (Å²) in [5.41, 5.74) is 0. The van der Waals surface area contributed by atoms with Crippen molar-refractivity contribution < 1.29 is 18.8 Å². The van der Waals surface area contributed by atoms with Gasteiger partial charge in [0.2, 0.25) is 0 Å². The van der Waals surface area contributed by atoms with Gasteiger partial charge in [0.1, 0.15) is 5.78 Å². The average Bonchev–Trinajstić information content (AvgIpc) is 2.39. The molecule has 4 nitrogen and oxygen atoms in total. The minimum absolute atomic E-state index is 0.00289. The van der Waals surface area contributed by atoms with Crippen LogP contribution in [0.5, 0.6) is 0 Å². The number of esters is 1. The van der Waals surface area contributed by atoms with Crippen LogP contribution in [0.2, 0.25) is 18.1 Å². The van der Waals surface area contributed by atoms with Crippen molar-refractivity contribution in [2.45, 2.75) is 66.1 Å². The topological polar surface area (TPSA) is 52.6 Å². The van der Waals surface area contributed by atoms with Crippen LogP contribution in [0.1, 0.15) is 48.0 Å². The van der Waals surface area contributed by atoms with Crippen LogP contribution in [0, 0.1) is 17.8 Å². The van der Waals surface area contributed by atoms with Gasteiger partial charge in [0.15, 0.2) is 8.32 Å². The Labute approximate surface area is 137 Å². The molecule has 0 aromatic carbocycles. The van der Waals surface area contributed by atoms with Crippen molar-refractivity contribution in [3.63, 3.8) is 0 Å². The van der Waals surface area contributed by atoms with E-state index < -0.39 is 8.32 Å². The minimum atomic E-state index is -1.85. The fourth-order valence-electron chi connectivity index (χ4n) is 1.95. The summed E-state index contributed by atoms with van der Waals surface area (Å²) >= 11 is 0. The second kappa shape index (κ2) is 8.25. The SMILES string of the molecule is COC(=O)C[C@H](C(=O)C(C)C)[C@@H](C)CO[Si](C)(C)C(C)(C)C. The van der Waals surface area contributed by atoms with Gasteiger partial charge in [-0.1, -0.05) is 41.5 Å². The number of carbonyl (C=O) groups is 2. The van der Waals surface area contributed by atoms with Crippen LogP contribution >= 0.6 is 0 Å². The first-order chi connectivity index (χ1) is 9.83. The van der Waals surface area contributed by atoms with Crippen LogP contribution < -0.4 is 0 Å². The van der Waals surface area contributed by atoms with E-state index in [0.717, 1.165) is 0 Å². The highest BCUT2D eigenvalue weighted by Crippen LogP contribution is 2.37. The average molecular weight is 331 g/mol. The molecule has 0 amide bonds. The molecule has 0 unspecified atom stereocenters. The maximum atomic E-state index is 12.4. The van der Waals surface area contributed by atoms with Crippen LogP contribution in [0.4, 0.5) is 0 Å². The van der Waals surface area contributed by atoms with E-state index in [1.54, 1.807) is 0 Å². The van der Waals surface area contributed by atoms with Crippen LogP contribution in [-0.4, -0.2) is 33.8 Å². The number of rotatable bonds is 8. The molecule has 0 bridgehead atoms. The first-order valence-corrected chi connectivity index (χ1v) is 11.0. The molecule has 22 heavy (non-hydrogen) atoms. The predicted octanol–water partition coefficient (Wildman–Crippen LogP) is 4.05. The van der Waals surface area contributed by atoms with Gasteiger partial charge in [0, 0.05) is 18.4 Å². The van der Waals surface area contributed by atoms with Crippen LogP contribution in [0.25, 0.3) is 0 Å². The Kier molecular flexibility index (Phi) is 7.99. The molecule has 0 aliphatic heterocycles. The van der Waals surface area contributed by atoms with Gasteiger partial charge in [-0.3, -0.25) is 9.59 Å². The summed E-state index contributed by atoms with van der Waals surface area (Å²) in [6, 6.07) is 0. The number of ether oxygens (including phenoxy) is 1. The van der Waals surface area contributed by atoms with E-state index in [2.05, 4.69) is 33.9 Å². The third-order valence-electron chi connectivity index (χ3n) is 4.75. The second-order valence-corrected chi connectivity index (χ2v) is 12.8. The summed E-state index contributed by atoms with van der Waals surface area (Å²) in [6.07, 6.45) is 0.134. The molecule has 0 N–H and O–H groups in total. The van der Waals surface area contributed by atoms with E-state index in [1.807, 2.05) is 20.8 Å². The molecule has 0 saturated carbocycles. The van der Waals surface area contributed by atoms with E-state index in [1.165, 1.54) is 7.11 Å². The third-order valence-corrected chi connectivity index (χ3v) is 9.25. The van der Waals surface area contributed by atoms with Gasteiger partial charge in [-0.05, 0) is 24.1 Å². The van der Waals surface area contributed by atoms with Crippen molar-refractivity contribution in [1.82, 2.24) is 0 Å². The zero-order valence-corrected chi connectivity index (χ0v) is 16.8. The Balaban J connectivity index is 4.94. The van der Waals surface area contributed by atoms with Crippen molar-refractivity contribution in [2.75, 3.05) is 13.7 Å². The Bertz CT molecular complexity index is 383. The molecule has 0 aliphatic rings. The maximum Gasteiger partial charge on any atom is 0.306 e. The second-order valence-electron chi connectivity index (χ2n) is 7.99. The number of hydrogen-bond acceptors (Lipinski definition) is 4. The van der Waals surface area contributed by atoms with Gasteiger partial charge in [0.25, 0.3) is 0 Å². The lowest BCUT2D eigenvalue weighted by atomic mass is 9.83. The van der Waals surface area contributed by atoms with Crippen LogP contribution in [0.15, 0.2) is 0 Å². The van der Waals surface area contributed by atoms with E-state index in [4.69, 9.17) is 9.16 Å². The summed E-state index contributed by atoms with van der Waals surface area (Å²) < 4.78 is 11.0. The molecule has 0 rings (SSSR count). The molecule has 0 radical (unpaired) electrons. The molecule has 0 spiro atoms. The van der Waals surface area contributed by atoms with E-state index >= 15 is 0 Å². The zero-order valence-electron chi connectivity index (χ0n) is 15.8. The van der Waals surface area contributed by atoms with Gasteiger partial charge < -0.3 is 9.16 Å². The summed E-state index contributed by atoms with van der Waals surface area (Å²) in [6.45, 7) is 17.2. The van der Waals surface area contributed by atoms with Crippen LogP contribution in [-0.2, 0) is 18.8 Å². The van der Waals surface area contributed by atoms with E-state index in [9.17, 15) is 9.59 Å². The molecule has 0 heterocycles. The lowest BCUT2D eigenvalue weighted by molar-refractivity contribution is -0.145. The molecule has 0 aromatic heterocycles. The molecule has 0 aliphatic carbocycles. The molecule has 0 fully saturated rings. The Morgan fingerprint density at radius 3 is 1.95 bits per heavy atom. The van der Waals surface area contributed by atoms with E-state index in [0.29, 0.717) is 6.61 Å². The summed E-state index contributed by atoms with van der Waals surface area (Å²) in [7, 11) is -0.494. The minimum Gasteiger partial charge on any atom is -0.469 e. The highest BCUT2D eigenvalue weighted by Gasteiger charge is 2.38. The number of methoxy groups -OCH3 is 1. The van der Waals surface area contributed by atoms with E-state index in [-0.39, 0.29) is 41.0 Å². The first-order valence-electron chi connectivity index (χ1n) is 8.08. The quantitative estimate of drug-likeness (QED) is 0.498. The Morgan fingerprint density at radius 2 is 1.59 bits per heavy atom. The molecule has 0 aromatic rings. The molecular formula is C17H34O4Si. The highest BCUT2D eigenvalue weighted by molar-refractivity contribution is 6.74. The molecule has 130 valence electrons. The summed E-state index contributed by atoms with van der Waals surface area (Å²) in [4.78, 5) is 24.0. The standard InChI is InChI=1S/C17H34O4Si/c1-12(2)16(19)14(10-15(18)20-7)13(3)11-21-22(8,9)17(4,5)6/h12-14H,10-11H2,1-9H3/t13-,14-/m0/s1. The maximum absolute atomic E-state index is 12.4. The lowest BCUT2D eigenvalue weighted by Crippen LogP contribution is -2.43. The van der Waals surface area contributed by atoms with Crippen molar-refractivity contribution in [3.05, 3.63) is 0 Å². The number of ketones is 1. The van der Waals surface area contributed by atoms with Gasteiger partial charge in [-0.25, -0.2) is 0 Å². The van der Waals surface area contributed by atoms with Crippen molar-refractivity contribution in [1.29, 1.82) is 0 Å². The molecular weight excluding hydrogens is 296 g/mol. The van der Waals surface area contributed by atoms with Crippen molar-refractivity contribution in [3.8, 4) is 0 Å². The normalized spacial score (nSPS) is 15.5. The smallest absolute Gasteiger partial charge is 0.306 e. The van der Waals surface area contributed by atoms with Crippen LogP contribution in [0.3, 0.4) is 0 Å². The Hall–Kier alpha value is -0.683. The lowest BCUT2D eigenvalue weighted by Gasteiger charge is -2.37. The largest absolute Gasteiger partial charge is 0.469 e. The predicted molar refractivity (Wildman–Crippen MR) is 92.3 cm³/mol. The van der Waals surface area contributed by atoms with Gasteiger partial charge in [0.05, 0.1) is 13.5 Å². The third kappa shape index (κ3) is 6.21.